The second-order valence-electron chi connectivity index (χ2n) is 6.09. The number of halogens is 2. The molecule has 0 atom stereocenters. The van der Waals surface area contributed by atoms with Gasteiger partial charge in [0.05, 0.1) is 26.1 Å². The first kappa shape index (κ1) is 16.4. The van der Waals surface area contributed by atoms with E-state index in [4.69, 9.17) is 10.1 Å². The molecule has 2 aromatic carbocycles. The van der Waals surface area contributed by atoms with E-state index < -0.39 is 0 Å². The Bertz CT molecular complexity index is 1020. The quantitative estimate of drug-likeness (QED) is 0.400. The summed E-state index contributed by atoms with van der Waals surface area (Å²) in [6.45, 7) is 4.20. The van der Waals surface area contributed by atoms with Gasteiger partial charge in [-0.25, -0.2) is 14.1 Å². The summed E-state index contributed by atoms with van der Waals surface area (Å²) in [4.78, 5) is 4.72. The van der Waals surface area contributed by atoms with Crippen LogP contribution in [0.5, 0.6) is 0 Å². The molecule has 0 fully saturated rings. The Morgan fingerprint density at radius 3 is 2.48 bits per heavy atom. The van der Waals surface area contributed by atoms with Gasteiger partial charge in [0.25, 0.3) is 0 Å². The molecule has 3 nitrogen and oxygen atoms in total. The largest absolute Gasteiger partial charge is 0.218 e. The van der Waals surface area contributed by atoms with Crippen LogP contribution in [0.15, 0.2) is 53.0 Å². The van der Waals surface area contributed by atoms with Gasteiger partial charge >= 0.3 is 0 Å². The van der Waals surface area contributed by atoms with Crippen molar-refractivity contribution in [2.45, 2.75) is 19.8 Å². The average molecular weight is 416 g/mol. The van der Waals surface area contributed by atoms with E-state index in [0.717, 1.165) is 36.8 Å². The average Bonchev–Trinajstić information content (AvgIpc) is 3.16. The third kappa shape index (κ3) is 2.89. The lowest BCUT2D eigenvalue weighted by Crippen LogP contribution is -1.99. The number of thiazole rings is 1. The molecule has 0 aliphatic rings. The molecule has 0 unspecified atom stereocenters. The molecule has 126 valence electrons. The summed E-state index contributed by atoms with van der Waals surface area (Å²) < 4.78 is 17.2. The minimum Gasteiger partial charge on any atom is -0.218 e. The maximum atomic E-state index is 13.4. The number of fused-ring (bicyclic) bond motifs is 1. The van der Waals surface area contributed by atoms with E-state index in [1.165, 1.54) is 12.1 Å². The Kier molecular flexibility index (Phi) is 4.17. The number of nitrogens with zero attached hydrogens (tertiary/aromatic N) is 3. The van der Waals surface area contributed by atoms with Crippen molar-refractivity contribution in [2.24, 2.45) is 0 Å². The van der Waals surface area contributed by atoms with Crippen molar-refractivity contribution in [3.8, 4) is 16.4 Å². The number of hydrogen-bond donors (Lipinski definition) is 0. The van der Waals surface area contributed by atoms with Crippen molar-refractivity contribution in [3.05, 3.63) is 64.5 Å². The number of hydrogen-bond acceptors (Lipinski definition) is 3. The van der Waals surface area contributed by atoms with Crippen LogP contribution in [0.2, 0.25) is 0 Å². The van der Waals surface area contributed by atoms with Gasteiger partial charge in [-0.2, -0.15) is 5.10 Å². The molecule has 0 saturated carbocycles. The van der Waals surface area contributed by atoms with Crippen molar-refractivity contribution < 1.29 is 4.39 Å². The summed E-state index contributed by atoms with van der Waals surface area (Å²) in [5.41, 5.74) is 3.69. The molecule has 0 amide bonds. The van der Waals surface area contributed by atoms with E-state index in [0.29, 0.717) is 0 Å². The third-order valence-corrected chi connectivity index (χ3v) is 5.77. The fourth-order valence-electron chi connectivity index (χ4n) is 2.73. The van der Waals surface area contributed by atoms with Crippen molar-refractivity contribution >= 4 is 37.5 Å². The zero-order valence-electron chi connectivity index (χ0n) is 13.7. The summed E-state index contributed by atoms with van der Waals surface area (Å²) in [5.74, 6) is -0.000732. The van der Waals surface area contributed by atoms with E-state index >= 15 is 0 Å². The lowest BCUT2D eigenvalue weighted by atomic mass is 10.1. The number of benzene rings is 2. The van der Waals surface area contributed by atoms with E-state index in [1.54, 1.807) is 23.5 Å². The van der Waals surface area contributed by atoms with Gasteiger partial charge in [-0.15, -0.1) is 0 Å². The Balaban J connectivity index is 1.97. The SMILES string of the molecule is CC(C)c1nn(-c2nc3ccccc3s2)c(-c2ccc(F)cc2)c1Br. The minimum absolute atomic E-state index is 0.254. The highest BCUT2D eigenvalue weighted by atomic mass is 79.9. The Morgan fingerprint density at radius 2 is 1.80 bits per heavy atom. The van der Waals surface area contributed by atoms with E-state index in [2.05, 4.69) is 35.8 Å². The summed E-state index contributed by atoms with van der Waals surface area (Å²) in [6, 6.07) is 14.5. The molecule has 4 aromatic rings. The molecular weight excluding hydrogens is 401 g/mol. The molecule has 2 heterocycles. The van der Waals surface area contributed by atoms with Crippen LogP contribution in [-0.2, 0) is 0 Å². The normalized spacial score (nSPS) is 11.6. The highest BCUT2D eigenvalue weighted by Crippen LogP contribution is 2.37. The first-order chi connectivity index (χ1) is 12.0. The Labute approximate surface area is 157 Å². The van der Waals surface area contributed by atoms with Gasteiger partial charge in [-0.3, -0.25) is 0 Å². The van der Waals surface area contributed by atoms with Crippen molar-refractivity contribution in [3.63, 3.8) is 0 Å². The van der Waals surface area contributed by atoms with Crippen LogP contribution in [0.4, 0.5) is 4.39 Å². The van der Waals surface area contributed by atoms with E-state index in [1.807, 2.05) is 22.9 Å². The molecule has 0 radical (unpaired) electrons. The Morgan fingerprint density at radius 1 is 1.08 bits per heavy atom. The van der Waals surface area contributed by atoms with Crippen LogP contribution in [0.25, 0.3) is 26.6 Å². The fourth-order valence-corrected chi connectivity index (χ4v) is 4.59. The standard InChI is InChI=1S/C19H15BrFN3S/c1-11(2)17-16(20)18(12-7-9-13(21)10-8-12)24(23-17)19-22-14-5-3-4-6-15(14)25-19/h3-11H,1-2H3. The van der Waals surface area contributed by atoms with Gasteiger partial charge < -0.3 is 0 Å². The molecule has 0 aliphatic heterocycles. The molecule has 4 rings (SSSR count). The second-order valence-corrected chi connectivity index (χ2v) is 7.89. The van der Waals surface area contributed by atoms with Gasteiger partial charge in [-0.1, -0.05) is 37.3 Å². The first-order valence-corrected chi connectivity index (χ1v) is 9.56. The molecule has 6 heteroatoms. The smallest absolute Gasteiger partial charge is 0.212 e. The summed E-state index contributed by atoms with van der Waals surface area (Å²) in [6.07, 6.45) is 0. The molecular formula is C19H15BrFN3S. The zero-order valence-corrected chi connectivity index (χ0v) is 16.1. The maximum Gasteiger partial charge on any atom is 0.212 e. The summed E-state index contributed by atoms with van der Waals surface area (Å²) in [7, 11) is 0. The predicted molar refractivity (Wildman–Crippen MR) is 104 cm³/mol. The van der Waals surface area contributed by atoms with Crippen LogP contribution in [-0.4, -0.2) is 14.8 Å². The number of rotatable bonds is 3. The molecule has 0 aliphatic carbocycles. The summed E-state index contributed by atoms with van der Waals surface area (Å²) >= 11 is 5.29. The molecule has 25 heavy (non-hydrogen) atoms. The maximum absolute atomic E-state index is 13.4. The molecule has 0 N–H and O–H groups in total. The van der Waals surface area contributed by atoms with Gasteiger partial charge in [0.1, 0.15) is 5.82 Å². The second kappa shape index (κ2) is 6.35. The highest BCUT2D eigenvalue weighted by Gasteiger charge is 2.22. The van der Waals surface area contributed by atoms with Gasteiger partial charge in [0.15, 0.2) is 0 Å². The van der Waals surface area contributed by atoms with Crippen LogP contribution in [0.1, 0.15) is 25.5 Å². The zero-order chi connectivity index (χ0) is 17.6. The number of aromatic nitrogens is 3. The van der Waals surface area contributed by atoms with Crippen LogP contribution in [0, 0.1) is 5.82 Å². The van der Waals surface area contributed by atoms with Crippen molar-refractivity contribution in [2.75, 3.05) is 0 Å². The first-order valence-electron chi connectivity index (χ1n) is 7.95. The topological polar surface area (TPSA) is 30.7 Å². The van der Waals surface area contributed by atoms with Gasteiger partial charge in [0, 0.05) is 5.56 Å². The molecule has 0 saturated heterocycles. The Hall–Kier alpha value is -2.05. The fraction of sp³-hybridized carbons (Fsp3) is 0.158. The van der Waals surface area contributed by atoms with Crippen molar-refractivity contribution in [1.82, 2.24) is 14.8 Å². The predicted octanol–water partition coefficient (Wildman–Crippen LogP) is 6.17. The monoisotopic (exact) mass is 415 g/mol. The van der Waals surface area contributed by atoms with Crippen molar-refractivity contribution in [1.29, 1.82) is 0 Å². The third-order valence-electron chi connectivity index (χ3n) is 3.98. The van der Waals surface area contributed by atoms with E-state index in [-0.39, 0.29) is 11.7 Å². The van der Waals surface area contributed by atoms with E-state index in [9.17, 15) is 4.39 Å². The lowest BCUT2D eigenvalue weighted by Gasteiger charge is -2.05. The highest BCUT2D eigenvalue weighted by molar-refractivity contribution is 9.10. The minimum atomic E-state index is -0.255. The summed E-state index contributed by atoms with van der Waals surface area (Å²) in [5, 5.41) is 5.60. The van der Waals surface area contributed by atoms with Gasteiger partial charge in [0.2, 0.25) is 5.13 Å². The van der Waals surface area contributed by atoms with Crippen LogP contribution in [0.3, 0.4) is 0 Å². The molecule has 0 spiro atoms. The molecule has 0 bridgehead atoms. The van der Waals surface area contributed by atoms with Crippen LogP contribution < -0.4 is 0 Å². The van der Waals surface area contributed by atoms with Gasteiger partial charge in [-0.05, 0) is 58.2 Å². The van der Waals surface area contributed by atoms with Crippen LogP contribution >= 0.6 is 27.3 Å². The molecule has 2 aromatic heterocycles. The number of para-hydroxylation sites is 1. The lowest BCUT2D eigenvalue weighted by molar-refractivity contribution is 0.628.